The molecule has 5 heteroatoms. The van der Waals surface area contributed by atoms with Gasteiger partial charge in [-0.3, -0.25) is 0 Å². The van der Waals surface area contributed by atoms with E-state index in [0.29, 0.717) is 11.8 Å². The number of fused-ring (bicyclic) bond motifs is 1. The van der Waals surface area contributed by atoms with Crippen molar-refractivity contribution in [2.75, 3.05) is 17.7 Å². The predicted octanol–water partition coefficient (Wildman–Crippen LogP) is 3.49. The number of aryl methyl sites for hydroxylation is 1. The zero-order valence-electron chi connectivity index (χ0n) is 11.8. The van der Waals surface area contributed by atoms with Gasteiger partial charge < -0.3 is 5.32 Å². The fourth-order valence-corrected chi connectivity index (χ4v) is 3.57. The fraction of sp³-hybridized carbons (Fsp3) is 0.600. The third-order valence-electron chi connectivity index (χ3n) is 4.31. The number of anilines is 1. The van der Waals surface area contributed by atoms with Gasteiger partial charge in [-0.25, -0.2) is 9.50 Å². The summed E-state index contributed by atoms with van der Waals surface area (Å²) in [4.78, 5) is 4.45. The maximum atomic E-state index is 6.10. The number of nitrogens with one attached hydrogen (secondary N) is 1. The Balaban J connectivity index is 1.73. The Morgan fingerprint density at radius 3 is 2.95 bits per heavy atom. The number of alkyl halides is 1. The number of halogens is 1. The van der Waals surface area contributed by atoms with Gasteiger partial charge in [0.1, 0.15) is 5.52 Å². The molecule has 2 aromatic heterocycles. The van der Waals surface area contributed by atoms with Crippen LogP contribution in [0.2, 0.25) is 0 Å². The number of aromatic nitrogens is 3. The van der Waals surface area contributed by atoms with E-state index in [4.69, 9.17) is 11.6 Å². The minimum atomic E-state index is 0.643. The lowest BCUT2D eigenvalue weighted by molar-refractivity contribution is 0.272. The van der Waals surface area contributed by atoms with Gasteiger partial charge in [-0.2, -0.15) is 5.10 Å². The molecular formula is C15H21ClN4. The lowest BCUT2D eigenvalue weighted by atomic mass is 9.80. The predicted molar refractivity (Wildman–Crippen MR) is 82.4 cm³/mol. The van der Waals surface area contributed by atoms with E-state index in [0.717, 1.165) is 29.5 Å². The summed E-state index contributed by atoms with van der Waals surface area (Å²) < 4.78 is 1.88. The average molecular weight is 293 g/mol. The first-order valence-corrected chi connectivity index (χ1v) is 7.92. The Morgan fingerprint density at radius 2 is 2.15 bits per heavy atom. The van der Waals surface area contributed by atoms with Gasteiger partial charge in [-0.05, 0) is 37.7 Å². The maximum Gasteiger partial charge on any atom is 0.152 e. The molecule has 1 N–H and O–H groups in total. The number of nitrogens with zero attached hydrogens (tertiary/aromatic N) is 3. The van der Waals surface area contributed by atoms with Crippen molar-refractivity contribution in [1.82, 2.24) is 14.6 Å². The van der Waals surface area contributed by atoms with Gasteiger partial charge in [0.2, 0.25) is 0 Å². The van der Waals surface area contributed by atoms with Crippen molar-refractivity contribution in [1.29, 1.82) is 0 Å². The van der Waals surface area contributed by atoms with Gasteiger partial charge in [0, 0.05) is 24.8 Å². The second-order valence-electron chi connectivity index (χ2n) is 5.73. The molecule has 0 spiro atoms. The summed E-state index contributed by atoms with van der Waals surface area (Å²) in [5.41, 5.74) is 2.06. The zero-order valence-corrected chi connectivity index (χ0v) is 12.6. The summed E-state index contributed by atoms with van der Waals surface area (Å²) >= 11 is 6.10. The molecule has 0 radical (unpaired) electrons. The highest BCUT2D eigenvalue weighted by Gasteiger charge is 2.24. The van der Waals surface area contributed by atoms with Crippen LogP contribution in [-0.4, -0.2) is 27.0 Å². The van der Waals surface area contributed by atoms with Crippen molar-refractivity contribution in [3.63, 3.8) is 0 Å². The summed E-state index contributed by atoms with van der Waals surface area (Å²) in [5.74, 6) is 3.00. The first-order chi connectivity index (χ1) is 9.78. The molecule has 0 bridgehead atoms. The van der Waals surface area contributed by atoms with Crippen molar-refractivity contribution in [2.24, 2.45) is 11.8 Å². The average Bonchev–Trinajstić information content (AvgIpc) is 2.86. The van der Waals surface area contributed by atoms with E-state index in [1.165, 1.54) is 25.7 Å². The number of hydrogen-bond acceptors (Lipinski definition) is 3. The van der Waals surface area contributed by atoms with E-state index < -0.39 is 0 Å². The number of rotatable bonds is 4. The fourth-order valence-electron chi connectivity index (χ4n) is 3.16. The molecule has 20 heavy (non-hydrogen) atoms. The van der Waals surface area contributed by atoms with Gasteiger partial charge in [0.15, 0.2) is 5.82 Å². The van der Waals surface area contributed by atoms with E-state index in [1.54, 1.807) is 6.20 Å². The minimum absolute atomic E-state index is 0.643. The van der Waals surface area contributed by atoms with Crippen molar-refractivity contribution < 1.29 is 0 Å². The van der Waals surface area contributed by atoms with Crippen LogP contribution in [0, 0.1) is 18.8 Å². The molecular weight excluding hydrogens is 272 g/mol. The third kappa shape index (κ3) is 2.75. The first kappa shape index (κ1) is 13.7. The van der Waals surface area contributed by atoms with Gasteiger partial charge in [-0.15, -0.1) is 11.6 Å². The van der Waals surface area contributed by atoms with Crippen LogP contribution in [0.25, 0.3) is 5.52 Å². The summed E-state index contributed by atoms with van der Waals surface area (Å²) in [6, 6.07) is 2.06. The maximum absolute atomic E-state index is 6.10. The summed E-state index contributed by atoms with van der Waals surface area (Å²) in [6.07, 6.45) is 8.86. The SMILES string of the molecule is Cc1cc2c(NCC3CCCCC3CCl)nccn2n1. The molecule has 2 atom stereocenters. The second-order valence-corrected chi connectivity index (χ2v) is 6.04. The van der Waals surface area contributed by atoms with Crippen molar-refractivity contribution in [2.45, 2.75) is 32.6 Å². The minimum Gasteiger partial charge on any atom is -0.368 e. The van der Waals surface area contributed by atoms with E-state index in [2.05, 4.69) is 21.5 Å². The molecule has 2 heterocycles. The second kappa shape index (κ2) is 6.00. The smallest absolute Gasteiger partial charge is 0.152 e. The van der Waals surface area contributed by atoms with Crippen LogP contribution in [0.3, 0.4) is 0 Å². The Labute approximate surface area is 124 Å². The van der Waals surface area contributed by atoms with Crippen LogP contribution in [-0.2, 0) is 0 Å². The van der Waals surface area contributed by atoms with Gasteiger partial charge in [-0.1, -0.05) is 12.8 Å². The Kier molecular flexibility index (Phi) is 4.10. The van der Waals surface area contributed by atoms with Crippen molar-refractivity contribution >= 4 is 22.9 Å². The van der Waals surface area contributed by atoms with Crippen LogP contribution >= 0.6 is 11.6 Å². The molecule has 108 valence electrons. The molecule has 4 nitrogen and oxygen atoms in total. The molecule has 1 aliphatic carbocycles. The van der Waals surface area contributed by atoms with Crippen LogP contribution < -0.4 is 5.32 Å². The molecule has 3 rings (SSSR count). The van der Waals surface area contributed by atoms with Gasteiger partial charge in [0.25, 0.3) is 0 Å². The van der Waals surface area contributed by atoms with Crippen LogP contribution in [0.15, 0.2) is 18.5 Å². The van der Waals surface area contributed by atoms with Gasteiger partial charge >= 0.3 is 0 Å². The van der Waals surface area contributed by atoms with E-state index in [-0.39, 0.29) is 0 Å². The van der Waals surface area contributed by atoms with Crippen LogP contribution in [0.5, 0.6) is 0 Å². The molecule has 0 aromatic carbocycles. The lowest BCUT2D eigenvalue weighted by Gasteiger charge is -2.30. The molecule has 2 aromatic rings. The third-order valence-corrected chi connectivity index (χ3v) is 4.70. The normalized spacial score (nSPS) is 23.1. The highest BCUT2D eigenvalue weighted by molar-refractivity contribution is 6.18. The molecule has 2 unspecified atom stereocenters. The Morgan fingerprint density at radius 1 is 1.35 bits per heavy atom. The van der Waals surface area contributed by atoms with E-state index >= 15 is 0 Å². The molecule has 1 saturated carbocycles. The topological polar surface area (TPSA) is 42.2 Å². The van der Waals surface area contributed by atoms with Crippen LogP contribution in [0.4, 0.5) is 5.82 Å². The summed E-state index contributed by atoms with van der Waals surface area (Å²) in [5, 5.41) is 7.92. The van der Waals surface area contributed by atoms with Gasteiger partial charge in [0.05, 0.1) is 5.69 Å². The molecule has 0 saturated heterocycles. The zero-order chi connectivity index (χ0) is 13.9. The molecule has 0 amide bonds. The molecule has 1 aliphatic rings. The summed E-state index contributed by atoms with van der Waals surface area (Å²) in [6.45, 7) is 2.95. The van der Waals surface area contributed by atoms with E-state index in [9.17, 15) is 0 Å². The monoisotopic (exact) mass is 292 g/mol. The lowest BCUT2D eigenvalue weighted by Crippen LogP contribution is -2.27. The first-order valence-electron chi connectivity index (χ1n) is 7.39. The van der Waals surface area contributed by atoms with Crippen molar-refractivity contribution in [3.8, 4) is 0 Å². The highest BCUT2D eigenvalue weighted by Crippen LogP contribution is 2.31. The largest absolute Gasteiger partial charge is 0.368 e. The molecule has 0 aliphatic heterocycles. The van der Waals surface area contributed by atoms with E-state index in [1.807, 2.05) is 17.6 Å². The Hall–Kier alpha value is -1.29. The highest BCUT2D eigenvalue weighted by atomic mass is 35.5. The molecule has 1 fully saturated rings. The Bertz CT molecular complexity index is 580. The summed E-state index contributed by atoms with van der Waals surface area (Å²) in [7, 11) is 0. The van der Waals surface area contributed by atoms with Crippen molar-refractivity contribution in [3.05, 3.63) is 24.2 Å². The standard InChI is InChI=1S/C15H21ClN4/c1-11-8-14-15(17-6-7-20(14)19-11)18-10-13-5-3-2-4-12(13)9-16/h6-8,12-13H,2-5,9-10H2,1H3,(H,17,18). The quantitative estimate of drug-likeness (QED) is 0.877. The van der Waals surface area contributed by atoms with Crippen LogP contribution in [0.1, 0.15) is 31.4 Å². The number of hydrogen-bond donors (Lipinski definition) is 1.